The number of morpholine rings is 1. The minimum absolute atomic E-state index is 0.0213. The number of nitrogens with zero attached hydrogens (tertiary/aromatic N) is 3. The van der Waals surface area contributed by atoms with Crippen LogP contribution in [0.1, 0.15) is 13.8 Å². The molecule has 30 heavy (non-hydrogen) atoms. The minimum Gasteiger partial charge on any atom is -0.379 e. The van der Waals surface area contributed by atoms with Gasteiger partial charge >= 0.3 is 0 Å². The van der Waals surface area contributed by atoms with E-state index in [0.717, 1.165) is 48.2 Å². The van der Waals surface area contributed by atoms with Crippen molar-refractivity contribution in [3.05, 3.63) is 54.6 Å². The van der Waals surface area contributed by atoms with Crippen molar-refractivity contribution < 1.29 is 9.53 Å². The summed E-state index contributed by atoms with van der Waals surface area (Å²) in [4.78, 5) is 19.7. The lowest BCUT2D eigenvalue weighted by Gasteiger charge is -2.40. The van der Waals surface area contributed by atoms with Crippen molar-refractivity contribution in [1.29, 1.82) is 0 Å². The van der Waals surface area contributed by atoms with Crippen molar-refractivity contribution in [2.75, 3.05) is 38.6 Å². The predicted molar refractivity (Wildman–Crippen MR) is 121 cm³/mol. The molecule has 7 heteroatoms. The molecule has 1 saturated heterocycles. The molecule has 1 N–H and O–H groups in total. The first-order valence-electron chi connectivity index (χ1n) is 10.3. The van der Waals surface area contributed by atoms with Crippen LogP contribution in [-0.4, -0.2) is 64.5 Å². The van der Waals surface area contributed by atoms with Gasteiger partial charge in [0.25, 0.3) is 0 Å². The second-order valence-electron chi connectivity index (χ2n) is 8.03. The standard InChI is InChI=1S/C23H28N4O2S/c1-23(2,26-12-14-29-15-13-26)17-24-21(28)16-30-22-25-19-10-6-7-11-20(19)27(22)18-8-4-3-5-9-18/h3-11H,12-17H2,1-2H3,(H,24,28). The first kappa shape index (κ1) is 20.9. The van der Waals surface area contributed by atoms with Gasteiger partial charge in [0.15, 0.2) is 5.16 Å². The maximum absolute atomic E-state index is 12.6. The first-order valence-corrected chi connectivity index (χ1v) is 11.3. The predicted octanol–water partition coefficient (Wildman–Crippen LogP) is 3.34. The average molecular weight is 425 g/mol. The fourth-order valence-electron chi connectivity index (χ4n) is 3.70. The number of rotatable bonds is 7. The van der Waals surface area contributed by atoms with E-state index in [-0.39, 0.29) is 11.4 Å². The van der Waals surface area contributed by atoms with Crippen LogP contribution >= 0.6 is 11.8 Å². The summed E-state index contributed by atoms with van der Waals surface area (Å²) in [6.07, 6.45) is 0. The van der Waals surface area contributed by atoms with Crippen LogP contribution in [-0.2, 0) is 9.53 Å². The Morgan fingerprint density at radius 2 is 1.80 bits per heavy atom. The SMILES string of the molecule is CC(C)(CNC(=O)CSc1nc2ccccc2n1-c1ccccc1)N1CCOCC1. The largest absolute Gasteiger partial charge is 0.379 e. The summed E-state index contributed by atoms with van der Waals surface area (Å²) in [5.74, 6) is 0.350. The van der Waals surface area contributed by atoms with Gasteiger partial charge in [-0.1, -0.05) is 42.1 Å². The highest BCUT2D eigenvalue weighted by Gasteiger charge is 2.28. The van der Waals surface area contributed by atoms with Crippen molar-refractivity contribution in [3.8, 4) is 5.69 Å². The summed E-state index contributed by atoms with van der Waals surface area (Å²) in [5, 5.41) is 3.93. The molecule has 0 spiro atoms. The number of carbonyl (C=O) groups excluding carboxylic acids is 1. The molecule has 0 bridgehead atoms. The zero-order valence-electron chi connectivity index (χ0n) is 17.5. The molecule has 0 saturated carbocycles. The van der Waals surface area contributed by atoms with Gasteiger partial charge in [0, 0.05) is 30.9 Å². The second kappa shape index (κ2) is 9.20. The number of amides is 1. The Balaban J connectivity index is 1.43. The summed E-state index contributed by atoms with van der Waals surface area (Å²) in [5.41, 5.74) is 2.92. The highest BCUT2D eigenvalue weighted by Crippen LogP contribution is 2.27. The molecule has 2 heterocycles. The van der Waals surface area contributed by atoms with E-state index in [2.05, 4.69) is 46.8 Å². The monoisotopic (exact) mass is 424 g/mol. The molecular formula is C23H28N4O2S. The molecule has 1 fully saturated rings. The zero-order chi connectivity index (χ0) is 21.0. The number of para-hydroxylation sites is 3. The topological polar surface area (TPSA) is 59.4 Å². The molecule has 0 unspecified atom stereocenters. The molecule has 1 aliphatic heterocycles. The van der Waals surface area contributed by atoms with Crippen LogP contribution in [0.3, 0.4) is 0 Å². The molecule has 2 aromatic carbocycles. The number of benzene rings is 2. The number of hydrogen-bond donors (Lipinski definition) is 1. The summed E-state index contributed by atoms with van der Waals surface area (Å²) in [6.45, 7) is 8.26. The van der Waals surface area contributed by atoms with Gasteiger partial charge in [-0.2, -0.15) is 0 Å². The molecular weight excluding hydrogens is 396 g/mol. The normalized spacial score (nSPS) is 15.4. The minimum atomic E-state index is -0.0959. The van der Waals surface area contributed by atoms with Gasteiger partial charge in [-0.25, -0.2) is 4.98 Å². The fraction of sp³-hybridized carbons (Fsp3) is 0.391. The highest BCUT2D eigenvalue weighted by atomic mass is 32.2. The Morgan fingerprint density at radius 1 is 1.10 bits per heavy atom. The molecule has 1 amide bonds. The van der Waals surface area contributed by atoms with Gasteiger partial charge in [0.1, 0.15) is 0 Å². The summed E-state index contributed by atoms with van der Waals surface area (Å²) < 4.78 is 7.56. The van der Waals surface area contributed by atoms with E-state index in [4.69, 9.17) is 9.72 Å². The van der Waals surface area contributed by atoms with Crippen molar-refractivity contribution in [2.24, 2.45) is 0 Å². The number of fused-ring (bicyclic) bond motifs is 1. The van der Waals surface area contributed by atoms with Crippen molar-refractivity contribution >= 4 is 28.7 Å². The van der Waals surface area contributed by atoms with E-state index in [1.54, 1.807) is 0 Å². The number of nitrogens with one attached hydrogen (secondary N) is 1. The third-order valence-corrected chi connectivity index (χ3v) is 6.40. The third-order valence-electron chi connectivity index (χ3n) is 5.46. The summed E-state index contributed by atoms with van der Waals surface area (Å²) >= 11 is 1.47. The Morgan fingerprint density at radius 3 is 2.57 bits per heavy atom. The lowest BCUT2D eigenvalue weighted by Crippen LogP contribution is -2.55. The van der Waals surface area contributed by atoms with Gasteiger partial charge in [-0.05, 0) is 38.1 Å². The van der Waals surface area contributed by atoms with Gasteiger partial charge in [0.2, 0.25) is 5.91 Å². The quantitative estimate of drug-likeness (QED) is 0.590. The number of thioether (sulfide) groups is 1. The number of imidazole rings is 1. The molecule has 158 valence electrons. The molecule has 0 aliphatic carbocycles. The van der Waals surface area contributed by atoms with Crippen molar-refractivity contribution in [1.82, 2.24) is 19.8 Å². The maximum Gasteiger partial charge on any atom is 0.230 e. The maximum atomic E-state index is 12.6. The van der Waals surface area contributed by atoms with Crippen LogP contribution in [0.5, 0.6) is 0 Å². The zero-order valence-corrected chi connectivity index (χ0v) is 18.3. The molecule has 1 aliphatic rings. The van der Waals surface area contributed by atoms with E-state index in [1.807, 2.05) is 36.4 Å². The lowest BCUT2D eigenvalue weighted by molar-refractivity contribution is -0.119. The third kappa shape index (κ3) is 4.69. The van der Waals surface area contributed by atoms with E-state index >= 15 is 0 Å². The highest BCUT2D eigenvalue weighted by molar-refractivity contribution is 7.99. The van der Waals surface area contributed by atoms with E-state index in [1.165, 1.54) is 11.8 Å². The smallest absolute Gasteiger partial charge is 0.230 e. The second-order valence-corrected chi connectivity index (χ2v) is 8.97. The van der Waals surface area contributed by atoms with Gasteiger partial charge < -0.3 is 10.1 Å². The Labute approximate surface area is 181 Å². The first-order chi connectivity index (χ1) is 14.5. The lowest BCUT2D eigenvalue weighted by atomic mass is 10.0. The van der Waals surface area contributed by atoms with E-state index < -0.39 is 0 Å². The fourth-order valence-corrected chi connectivity index (χ4v) is 4.56. The van der Waals surface area contributed by atoms with Crippen LogP contribution in [0, 0.1) is 0 Å². The van der Waals surface area contributed by atoms with Crippen LogP contribution in [0.4, 0.5) is 0 Å². The molecule has 3 aromatic rings. The van der Waals surface area contributed by atoms with E-state index in [0.29, 0.717) is 12.3 Å². The summed E-state index contributed by atoms with van der Waals surface area (Å²) in [6, 6.07) is 18.2. The Bertz CT molecular complexity index is 997. The number of hydrogen-bond acceptors (Lipinski definition) is 5. The van der Waals surface area contributed by atoms with Crippen molar-refractivity contribution in [2.45, 2.75) is 24.5 Å². The Kier molecular flexibility index (Phi) is 6.41. The molecule has 0 radical (unpaired) electrons. The van der Waals surface area contributed by atoms with Crippen LogP contribution in [0.15, 0.2) is 59.8 Å². The van der Waals surface area contributed by atoms with Gasteiger partial charge in [-0.3, -0.25) is 14.3 Å². The van der Waals surface area contributed by atoms with Crippen LogP contribution < -0.4 is 5.32 Å². The summed E-state index contributed by atoms with van der Waals surface area (Å²) in [7, 11) is 0. The number of carbonyl (C=O) groups is 1. The number of ether oxygens (including phenoxy) is 1. The van der Waals surface area contributed by atoms with E-state index in [9.17, 15) is 4.79 Å². The van der Waals surface area contributed by atoms with Crippen LogP contribution in [0.25, 0.3) is 16.7 Å². The van der Waals surface area contributed by atoms with Gasteiger partial charge in [0.05, 0.1) is 30.0 Å². The molecule has 1 aromatic heterocycles. The molecule has 0 atom stereocenters. The number of aromatic nitrogens is 2. The molecule has 6 nitrogen and oxygen atoms in total. The van der Waals surface area contributed by atoms with Gasteiger partial charge in [-0.15, -0.1) is 0 Å². The molecule has 4 rings (SSSR count). The van der Waals surface area contributed by atoms with Crippen molar-refractivity contribution in [3.63, 3.8) is 0 Å². The Hall–Kier alpha value is -2.35. The van der Waals surface area contributed by atoms with Crippen LogP contribution in [0.2, 0.25) is 0 Å². The average Bonchev–Trinajstić information content (AvgIpc) is 3.16.